The quantitative estimate of drug-likeness (QED) is 0.420. The van der Waals surface area contributed by atoms with E-state index in [4.69, 9.17) is 5.73 Å². The molecule has 0 heterocycles. The summed E-state index contributed by atoms with van der Waals surface area (Å²) < 4.78 is 4.26. The van der Waals surface area contributed by atoms with E-state index in [1.165, 1.54) is 31.9 Å². The molecule has 1 nitrogen and oxygen atoms in total. The molecule has 0 rings (SSSR count). The summed E-state index contributed by atoms with van der Waals surface area (Å²) in [4.78, 5) is 0. The SMILES string of the molecule is C[CH2][SnH]([CH2]S)[CH2]CCCC(C)N. The van der Waals surface area contributed by atoms with Gasteiger partial charge < -0.3 is 0 Å². The average molecular weight is 296 g/mol. The van der Waals surface area contributed by atoms with Crippen molar-refractivity contribution in [1.82, 2.24) is 0 Å². The Morgan fingerprint density at radius 3 is 2.50 bits per heavy atom. The number of thiol groups is 1. The van der Waals surface area contributed by atoms with Crippen LogP contribution in [-0.4, -0.2) is 29.6 Å². The third kappa shape index (κ3) is 7.74. The molecule has 0 aromatic carbocycles. The molecule has 2 atom stereocenters. The Labute approximate surface area is 89.6 Å². The monoisotopic (exact) mass is 297 g/mol. The Balaban J connectivity index is 3.17. The molecule has 0 aromatic rings. The van der Waals surface area contributed by atoms with E-state index < -0.39 is 19.8 Å². The Bertz CT molecular complexity index is 94.5. The van der Waals surface area contributed by atoms with Gasteiger partial charge in [-0.1, -0.05) is 0 Å². The van der Waals surface area contributed by atoms with Crippen LogP contribution < -0.4 is 5.73 Å². The van der Waals surface area contributed by atoms with Crippen LogP contribution >= 0.6 is 12.6 Å². The first-order valence-electron chi connectivity index (χ1n) is 5.07. The van der Waals surface area contributed by atoms with Crippen LogP contribution in [-0.2, 0) is 0 Å². The van der Waals surface area contributed by atoms with E-state index in [1.54, 1.807) is 0 Å². The van der Waals surface area contributed by atoms with E-state index in [-0.39, 0.29) is 0 Å². The van der Waals surface area contributed by atoms with Crippen molar-refractivity contribution in [2.24, 2.45) is 5.73 Å². The molecule has 2 unspecified atom stereocenters. The summed E-state index contributed by atoms with van der Waals surface area (Å²) >= 11 is 3.33. The standard InChI is InChI=1S/C6H14N.C2H5.CH3S.Sn.H/c1-3-4-5-6(2)7;2*1-2;;/h6H,1,3-5,7H2,2H3;1H2,2H3;2H,1H2;;. The molecular weight excluding hydrogens is 273 g/mol. The normalized spacial score (nSPS) is 16.0. The summed E-state index contributed by atoms with van der Waals surface area (Å²) in [5, 5.41) is 0. The number of unbranched alkanes of at least 4 members (excludes halogenated alkanes) is 1. The van der Waals surface area contributed by atoms with Crippen molar-refractivity contribution in [2.45, 2.75) is 48.0 Å². The molecule has 12 heavy (non-hydrogen) atoms. The minimum absolute atomic E-state index is 0.399. The predicted molar refractivity (Wildman–Crippen MR) is 63.8 cm³/mol. The molecule has 74 valence electrons. The third-order valence-electron chi connectivity index (χ3n) is 2.36. The zero-order valence-corrected chi connectivity index (χ0v) is 12.6. The van der Waals surface area contributed by atoms with Gasteiger partial charge in [0.1, 0.15) is 0 Å². The molecule has 0 saturated carbocycles. The summed E-state index contributed by atoms with van der Waals surface area (Å²) in [6.45, 7) is 4.43. The molecule has 0 aliphatic heterocycles. The molecular formula is C9H23NSSn. The molecule has 0 radical (unpaired) electrons. The predicted octanol–water partition coefficient (Wildman–Crippen LogP) is 2.22. The van der Waals surface area contributed by atoms with Gasteiger partial charge in [0.2, 0.25) is 0 Å². The summed E-state index contributed by atoms with van der Waals surface area (Å²) in [5.74, 6) is 0. The number of hydrogen-bond acceptors (Lipinski definition) is 2. The second kappa shape index (κ2) is 8.70. The number of nitrogens with two attached hydrogens (primary N) is 1. The van der Waals surface area contributed by atoms with E-state index >= 15 is 0 Å². The van der Waals surface area contributed by atoms with Gasteiger partial charge in [-0.3, -0.25) is 0 Å². The molecule has 0 bridgehead atoms. The first-order chi connectivity index (χ1) is 5.70. The Hall–Kier alpha value is 1.11. The summed E-state index contributed by atoms with van der Waals surface area (Å²) in [6, 6.07) is 0.399. The van der Waals surface area contributed by atoms with Crippen molar-refractivity contribution in [2.75, 3.05) is 3.77 Å². The van der Waals surface area contributed by atoms with Gasteiger partial charge in [0.05, 0.1) is 0 Å². The van der Waals surface area contributed by atoms with Gasteiger partial charge in [0.15, 0.2) is 0 Å². The molecule has 0 aliphatic rings. The van der Waals surface area contributed by atoms with E-state index in [0.29, 0.717) is 6.04 Å². The van der Waals surface area contributed by atoms with Crippen molar-refractivity contribution in [3.8, 4) is 0 Å². The fourth-order valence-electron chi connectivity index (χ4n) is 1.32. The van der Waals surface area contributed by atoms with Crippen LogP contribution in [0.1, 0.15) is 33.1 Å². The molecule has 0 saturated heterocycles. The average Bonchev–Trinajstić information content (AvgIpc) is 2.04. The topological polar surface area (TPSA) is 26.0 Å². The summed E-state index contributed by atoms with van der Waals surface area (Å²) in [5.41, 5.74) is 5.68. The number of rotatable bonds is 7. The fraction of sp³-hybridized carbons (Fsp3) is 1.00. The molecule has 2 N–H and O–H groups in total. The zero-order chi connectivity index (χ0) is 9.40. The number of hydrogen-bond donors (Lipinski definition) is 2. The molecule has 0 aliphatic carbocycles. The van der Waals surface area contributed by atoms with Crippen LogP contribution in [0.15, 0.2) is 0 Å². The second-order valence-corrected chi connectivity index (χ2v) is 16.1. The first kappa shape index (κ1) is 13.1. The van der Waals surface area contributed by atoms with Gasteiger partial charge >= 0.3 is 89.9 Å². The molecule has 0 spiro atoms. The second-order valence-electron chi connectivity index (χ2n) is 3.72. The van der Waals surface area contributed by atoms with Crippen molar-refractivity contribution in [3.05, 3.63) is 0 Å². The maximum absolute atomic E-state index is 5.68. The maximum atomic E-state index is 5.68. The van der Waals surface area contributed by atoms with Gasteiger partial charge in [-0.15, -0.1) is 0 Å². The van der Waals surface area contributed by atoms with Crippen LogP contribution in [0.2, 0.25) is 8.87 Å². The molecule has 0 fully saturated rings. The van der Waals surface area contributed by atoms with Crippen molar-refractivity contribution in [3.63, 3.8) is 0 Å². The van der Waals surface area contributed by atoms with Gasteiger partial charge in [0, 0.05) is 0 Å². The minimum atomic E-state index is -1.07. The van der Waals surface area contributed by atoms with Crippen molar-refractivity contribution < 1.29 is 0 Å². The van der Waals surface area contributed by atoms with Crippen LogP contribution in [0.5, 0.6) is 0 Å². The zero-order valence-electron chi connectivity index (χ0n) is 8.42. The van der Waals surface area contributed by atoms with Crippen LogP contribution in [0, 0.1) is 0 Å². The van der Waals surface area contributed by atoms with E-state index in [9.17, 15) is 0 Å². The van der Waals surface area contributed by atoms with E-state index in [1.807, 2.05) is 0 Å². The Morgan fingerprint density at radius 1 is 1.42 bits per heavy atom. The van der Waals surface area contributed by atoms with Crippen LogP contribution in [0.3, 0.4) is 0 Å². The van der Waals surface area contributed by atoms with Gasteiger partial charge in [-0.2, -0.15) is 0 Å². The van der Waals surface area contributed by atoms with E-state index in [0.717, 1.165) is 0 Å². The van der Waals surface area contributed by atoms with Gasteiger partial charge in [-0.25, -0.2) is 0 Å². The third-order valence-corrected chi connectivity index (χ3v) is 14.1. The summed E-state index contributed by atoms with van der Waals surface area (Å²) in [6.07, 6.45) is 3.95. The van der Waals surface area contributed by atoms with Crippen LogP contribution in [0.4, 0.5) is 0 Å². The Morgan fingerprint density at radius 2 is 2.08 bits per heavy atom. The fourth-order valence-corrected chi connectivity index (χ4v) is 9.18. The van der Waals surface area contributed by atoms with E-state index in [2.05, 4.69) is 26.5 Å². The molecule has 0 aromatic heterocycles. The van der Waals surface area contributed by atoms with Crippen LogP contribution in [0.25, 0.3) is 0 Å². The Kier molecular flexibility index (Phi) is 9.50. The first-order valence-corrected chi connectivity index (χ1v) is 12.7. The summed E-state index contributed by atoms with van der Waals surface area (Å²) in [7, 11) is 0. The van der Waals surface area contributed by atoms with Crippen molar-refractivity contribution >= 4 is 32.4 Å². The van der Waals surface area contributed by atoms with Gasteiger partial charge in [0.25, 0.3) is 0 Å². The van der Waals surface area contributed by atoms with Crippen molar-refractivity contribution in [1.29, 1.82) is 0 Å². The molecule has 0 amide bonds. The van der Waals surface area contributed by atoms with Gasteiger partial charge in [-0.05, 0) is 0 Å². The molecule has 3 heteroatoms.